The Morgan fingerprint density at radius 2 is 2.06 bits per heavy atom. The van der Waals surface area contributed by atoms with E-state index >= 15 is 0 Å². The zero-order chi connectivity index (χ0) is 23.7. The third kappa shape index (κ3) is 4.12. The molecule has 2 unspecified atom stereocenters. The number of nitrogens with zero attached hydrogens (tertiary/aromatic N) is 2. The molecule has 0 aromatic heterocycles. The lowest BCUT2D eigenvalue weighted by atomic mass is 9.71. The number of allylic oxidation sites excluding steroid dienone is 1. The van der Waals surface area contributed by atoms with Crippen LogP contribution in [-0.4, -0.2) is 80.6 Å². The minimum absolute atomic E-state index is 0.0232. The second kappa shape index (κ2) is 9.59. The lowest BCUT2D eigenvalue weighted by Crippen LogP contribution is -2.59. The largest absolute Gasteiger partial charge is 0.465 e. The maximum atomic E-state index is 13.9. The summed E-state index contributed by atoms with van der Waals surface area (Å²) in [5, 5.41) is 9.65. The fourth-order valence-corrected chi connectivity index (χ4v) is 7.72. The molecule has 0 radical (unpaired) electrons. The number of unbranched alkanes of at least 4 members (excludes halogenated alkanes) is 1. The number of thioether (sulfide) groups is 1. The molecule has 7 nitrogen and oxygen atoms in total. The van der Waals surface area contributed by atoms with Crippen LogP contribution in [0, 0.1) is 11.8 Å². The van der Waals surface area contributed by atoms with Crippen molar-refractivity contribution in [1.82, 2.24) is 9.80 Å². The molecule has 3 fully saturated rings. The number of carbonyl (C=O) groups excluding carboxylic acids is 3. The Hall–Kier alpha value is -1.80. The molecule has 3 saturated heterocycles. The minimum atomic E-state index is -0.708. The lowest BCUT2D eigenvalue weighted by Gasteiger charge is -2.42. The lowest BCUT2D eigenvalue weighted by molar-refractivity contribution is -0.154. The summed E-state index contributed by atoms with van der Waals surface area (Å²) >= 11 is 1.61. The van der Waals surface area contributed by atoms with Crippen molar-refractivity contribution >= 4 is 29.5 Å². The van der Waals surface area contributed by atoms with Crippen molar-refractivity contribution in [1.29, 1.82) is 0 Å². The molecule has 5 atom stereocenters. The maximum Gasteiger partial charge on any atom is 0.310 e. The summed E-state index contributed by atoms with van der Waals surface area (Å²) in [6.45, 7) is 13.8. The second-order valence-corrected chi connectivity index (χ2v) is 11.4. The standard InChI is InChI=1S/C24H36N2O5S/c1-6-8-9-15-31-22(30)17-16-10-11-24(32-16)18(17)20(28)25(13-14-27)19(24)21(29)26(12-7-2)23(3,4)5/h6-7,16-19,27H,1-2,8-15H2,3-5H3/t16-,17+,18+,19?,24?/m1/s1. The molecule has 1 spiro atoms. The van der Waals surface area contributed by atoms with Gasteiger partial charge in [-0.15, -0.1) is 24.9 Å². The molecule has 3 aliphatic rings. The van der Waals surface area contributed by atoms with Crippen LogP contribution in [0.2, 0.25) is 0 Å². The number of esters is 1. The molecule has 0 saturated carbocycles. The van der Waals surface area contributed by atoms with Crippen LogP contribution in [0.1, 0.15) is 46.5 Å². The molecule has 0 aromatic carbocycles. The minimum Gasteiger partial charge on any atom is -0.465 e. The normalized spacial score (nSPS) is 30.9. The molecular formula is C24H36N2O5S. The Morgan fingerprint density at radius 3 is 2.66 bits per heavy atom. The van der Waals surface area contributed by atoms with Crippen LogP contribution in [-0.2, 0) is 19.1 Å². The van der Waals surface area contributed by atoms with E-state index in [9.17, 15) is 19.5 Å². The van der Waals surface area contributed by atoms with Gasteiger partial charge in [-0.25, -0.2) is 0 Å². The Labute approximate surface area is 195 Å². The highest BCUT2D eigenvalue weighted by Gasteiger charge is 2.74. The van der Waals surface area contributed by atoms with Gasteiger partial charge in [-0.05, 0) is 46.5 Å². The number of amides is 2. The highest BCUT2D eigenvalue weighted by Crippen LogP contribution is 2.66. The number of β-amino-alcohol motifs (C(OH)–C–C–N with tert-alkyl or cyclic N) is 1. The van der Waals surface area contributed by atoms with Crippen LogP contribution < -0.4 is 0 Å². The summed E-state index contributed by atoms with van der Waals surface area (Å²) in [7, 11) is 0. The molecule has 32 heavy (non-hydrogen) atoms. The van der Waals surface area contributed by atoms with Gasteiger partial charge in [-0.2, -0.15) is 0 Å². The first-order chi connectivity index (χ1) is 15.1. The van der Waals surface area contributed by atoms with Crippen LogP contribution in [0.5, 0.6) is 0 Å². The first-order valence-electron chi connectivity index (χ1n) is 11.4. The first kappa shape index (κ1) is 24.8. The third-order valence-corrected chi connectivity index (χ3v) is 8.78. The molecule has 2 amide bonds. The average Bonchev–Trinajstić information content (AvgIpc) is 3.36. The van der Waals surface area contributed by atoms with Gasteiger partial charge in [-0.1, -0.05) is 12.2 Å². The van der Waals surface area contributed by atoms with E-state index in [0.717, 1.165) is 12.8 Å². The molecular weight excluding hydrogens is 428 g/mol. The molecule has 3 heterocycles. The SMILES string of the molecule is C=CCCCOC(=O)[C@@H]1[C@H]2C(=O)N(CCO)C(C(=O)N(CC=C)C(C)(C)C)C23CC[C@H]1S3. The summed E-state index contributed by atoms with van der Waals surface area (Å²) in [5.41, 5.74) is -0.460. The monoisotopic (exact) mass is 464 g/mol. The number of hydrogen-bond acceptors (Lipinski definition) is 6. The Bertz CT molecular complexity index is 779. The molecule has 3 rings (SSSR count). The van der Waals surface area contributed by atoms with Crippen LogP contribution in [0.3, 0.4) is 0 Å². The van der Waals surface area contributed by atoms with Crippen LogP contribution in [0.15, 0.2) is 25.3 Å². The third-order valence-electron chi connectivity index (χ3n) is 6.83. The van der Waals surface area contributed by atoms with Gasteiger partial charge >= 0.3 is 5.97 Å². The van der Waals surface area contributed by atoms with E-state index < -0.39 is 28.2 Å². The van der Waals surface area contributed by atoms with Crippen LogP contribution in [0.4, 0.5) is 0 Å². The summed E-state index contributed by atoms with van der Waals surface area (Å²) < 4.78 is 4.87. The Balaban J connectivity index is 1.94. The number of aliphatic hydroxyl groups is 1. The Kier molecular flexibility index (Phi) is 7.44. The highest BCUT2D eigenvalue weighted by atomic mass is 32.2. The van der Waals surface area contributed by atoms with Crippen molar-refractivity contribution < 1.29 is 24.2 Å². The highest BCUT2D eigenvalue weighted by molar-refractivity contribution is 8.02. The molecule has 178 valence electrons. The Morgan fingerprint density at radius 1 is 1.34 bits per heavy atom. The van der Waals surface area contributed by atoms with Crippen molar-refractivity contribution in [3.63, 3.8) is 0 Å². The van der Waals surface area contributed by atoms with Crippen LogP contribution >= 0.6 is 11.8 Å². The second-order valence-electron chi connectivity index (χ2n) is 9.82. The number of hydrogen-bond donors (Lipinski definition) is 1. The average molecular weight is 465 g/mol. The number of aliphatic hydroxyl groups excluding tert-OH is 1. The van der Waals surface area contributed by atoms with Gasteiger partial charge in [0.25, 0.3) is 0 Å². The van der Waals surface area contributed by atoms with E-state index in [1.807, 2.05) is 20.8 Å². The van der Waals surface area contributed by atoms with E-state index in [0.29, 0.717) is 26.0 Å². The molecule has 3 aliphatic heterocycles. The van der Waals surface area contributed by atoms with Gasteiger partial charge in [0.15, 0.2) is 0 Å². The maximum absolute atomic E-state index is 13.9. The van der Waals surface area contributed by atoms with Crippen molar-refractivity contribution in [2.45, 2.75) is 68.0 Å². The number of fused-ring (bicyclic) bond motifs is 1. The summed E-state index contributed by atoms with van der Waals surface area (Å²) in [6, 6.07) is -0.708. The van der Waals surface area contributed by atoms with Gasteiger partial charge in [-0.3, -0.25) is 14.4 Å². The number of likely N-dealkylation sites (tertiary alicyclic amines) is 1. The van der Waals surface area contributed by atoms with Crippen molar-refractivity contribution in [2.75, 3.05) is 26.3 Å². The van der Waals surface area contributed by atoms with Crippen molar-refractivity contribution in [3.8, 4) is 0 Å². The zero-order valence-corrected chi connectivity index (χ0v) is 20.2. The predicted octanol–water partition coefficient (Wildman–Crippen LogP) is 2.39. The molecule has 8 heteroatoms. The van der Waals surface area contributed by atoms with Gasteiger partial charge in [0, 0.05) is 23.9 Å². The van der Waals surface area contributed by atoms with Gasteiger partial charge in [0.2, 0.25) is 11.8 Å². The van der Waals surface area contributed by atoms with Crippen molar-refractivity contribution in [2.24, 2.45) is 11.8 Å². The predicted molar refractivity (Wildman–Crippen MR) is 125 cm³/mol. The van der Waals surface area contributed by atoms with E-state index in [-0.39, 0.29) is 36.2 Å². The van der Waals surface area contributed by atoms with Gasteiger partial charge in [0.05, 0.1) is 29.8 Å². The number of carbonyl (C=O) groups is 3. The van der Waals surface area contributed by atoms with E-state index in [1.54, 1.807) is 28.8 Å². The first-order valence-corrected chi connectivity index (χ1v) is 12.3. The summed E-state index contributed by atoms with van der Waals surface area (Å²) in [4.78, 5) is 43.8. The quantitative estimate of drug-likeness (QED) is 0.304. The molecule has 0 aliphatic carbocycles. The van der Waals surface area contributed by atoms with E-state index in [4.69, 9.17) is 4.74 Å². The van der Waals surface area contributed by atoms with E-state index in [1.165, 1.54) is 4.90 Å². The summed E-state index contributed by atoms with van der Waals surface area (Å²) in [5.74, 6) is -1.85. The zero-order valence-electron chi connectivity index (χ0n) is 19.4. The van der Waals surface area contributed by atoms with Crippen molar-refractivity contribution in [3.05, 3.63) is 25.3 Å². The van der Waals surface area contributed by atoms with Crippen LogP contribution in [0.25, 0.3) is 0 Å². The van der Waals surface area contributed by atoms with Gasteiger partial charge < -0.3 is 19.6 Å². The smallest absolute Gasteiger partial charge is 0.310 e. The fraction of sp³-hybridized carbons (Fsp3) is 0.708. The fourth-order valence-electron chi connectivity index (χ4n) is 5.52. The molecule has 0 aromatic rings. The summed E-state index contributed by atoms with van der Waals surface area (Å²) in [6.07, 6.45) is 6.40. The number of ether oxygens (including phenoxy) is 1. The molecule has 2 bridgehead atoms. The number of rotatable bonds is 10. The van der Waals surface area contributed by atoms with Gasteiger partial charge in [0.1, 0.15) is 6.04 Å². The van der Waals surface area contributed by atoms with E-state index in [2.05, 4.69) is 13.2 Å². The molecule has 1 N–H and O–H groups in total. The topological polar surface area (TPSA) is 87.1 Å².